The van der Waals surface area contributed by atoms with Crippen LogP contribution >= 0.6 is 11.8 Å². The Labute approximate surface area is 88.5 Å². The number of hydrogen-bond acceptors (Lipinski definition) is 2. The largest absolute Gasteiger partial charge is 0.483 e. The smallest absolute Gasteiger partial charge is 0.162 e. The number of allylic oxidation sites excluding steroid dienone is 2. The summed E-state index contributed by atoms with van der Waals surface area (Å²) in [5, 5.41) is 0. The second-order valence-electron chi connectivity index (χ2n) is 3.01. The third kappa shape index (κ3) is 2.67. The summed E-state index contributed by atoms with van der Waals surface area (Å²) in [6.45, 7) is 0. The Morgan fingerprint density at radius 3 is 2.71 bits per heavy atom. The Morgan fingerprint density at radius 1 is 1.14 bits per heavy atom. The number of benzene rings is 1. The van der Waals surface area contributed by atoms with Gasteiger partial charge >= 0.3 is 0 Å². The third-order valence-electron chi connectivity index (χ3n) is 1.93. The second-order valence-corrected chi connectivity index (χ2v) is 4.10. The van der Waals surface area contributed by atoms with Gasteiger partial charge in [0, 0.05) is 5.75 Å². The molecule has 1 aliphatic heterocycles. The van der Waals surface area contributed by atoms with Crippen LogP contribution in [0.2, 0.25) is 0 Å². The van der Waals surface area contributed by atoms with Gasteiger partial charge in [-0.05, 0) is 17.7 Å². The van der Waals surface area contributed by atoms with Crippen molar-refractivity contribution in [1.82, 2.24) is 0 Å². The van der Waals surface area contributed by atoms with Gasteiger partial charge in [0.05, 0.1) is 6.26 Å². The SMILES string of the molecule is C1=COC(SCc2ccccc2)C=C1. The van der Waals surface area contributed by atoms with Crippen LogP contribution in [0.1, 0.15) is 5.56 Å². The van der Waals surface area contributed by atoms with Crippen molar-refractivity contribution < 1.29 is 4.74 Å². The van der Waals surface area contributed by atoms with E-state index in [1.807, 2.05) is 18.2 Å². The Balaban J connectivity index is 1.83. The standard InChI is InChI=1S/C12H12OS/c1-2-6-11(7-3-1)10-14-12-8-4-5-9-13-12/h1-9,12H,10H2. The summed E-state index contributed by atoms with van der Waals surface area (Å²) in [7, 11) is 0. The van der Waals surface area contributed by atoms with Crippen molar-refractivity contribution in [2.24, 2.45) is 0 Å². The minimum atomic E-state index is 0.167. The van der Waals surface area contributed by atoms with Gasteiger partial charge in [-0.1, -0.05) is 36.4 Å². The van der Waals surface area contributed by atoms with E-state index in [0.717, 1.165) is 5.75 Å². The van der Waals surface area contributed by atoms with Crippen molar-refractivity contribution in [2.45, 2.75) is 11.2 Å². The van der Waals surface area contributed by atoms with Gasteiger partial charge in [-0.25, -0.2) is 0 Å². The van der Waals surface area contributed by atoms with Crippen molar-refractivity contribution in [3.05, 3.63) is 60.4 Å². The molecule has 0 saturated heterocycles. The highest BCUT2D eigenvalue weighted by Gasteiger charge is 2.05. The van der Waals surface area contributed by atoms with E-state index in [1.165, 1.54) is 5.56 Å². The van der Waals surface area contributed by atoms with Crippen molar-refractivity contribution >= 4 is 11.8 Å². The molecule has 0 aliphatic carbocycles. The van der Waals surface area contributed by atoms with E-state index < -0.39 is 0 Å². The molecule has 2 heteroatoms. The highest BCUT2D eigenvalue weighted by atomic mass is 32.2. The molecule has 0 spiro atoms. The van der Waals surface area contributed by atoms with Crippen LogP contribution in [0, 0.1) is 0 Å². The van der Waals surface area contributed by atoms with Gasteiger partial charge in [0.2, 0.25) is 0 Å². The second kappa shape index (κ2) is 4.91. The van der Waals surface area contributed by atoms with Crippen molar-refractivity contribution in [1.29, 1.82) is 0 Å². The van der Waals surface area contributed by atoms with Crippen molar-refractivity contribution in [3.63, 3.8) is 0 Å². The Bertz CT molecular complexity index is 329. The predicted octanol–water partition coefficient (Wildman–Crippen LogP) is 3.35. The van der Waals surface area contributed by atoms with E-state index in [0.29, 0.717) is 0 Å². The Morgan fingerprint density at radius 2 is 2.00 bits per heavy atom. The first-order chi connectivity index (χ1) is 6.95. The van der Waals surface area contributed by atoms with E-state index in [4.69, 9.17) is 4.74 Å². The van der Waals surface area contributed by atoms with E-state index in [2.05, 4.69) is 30.3 Å². The van der Waals surface area contributed by atoms with Gasteiger partial charge in [-0.2, -0.15) is 0 Å². The van der Waals surface area contributed by atoms with Crippen LogP contribution in [0.5, 0.6) is 0 Å². The summed E-state index contributed by atoms with van der Waals surface area (Å²) >= 11 is 1.79. The van der Waals surface area contributed by atoms with Crippen LogP contribution in [0.3, 0.4) is 0 Å². The van der Waals surface area contributed by atoms with E-state index in [9.17, 15) is 0 Å². The first-order valence-electron chi connectivity index (χ1n) is 4.59. The van der Waals surface area contributed by atoms with Crippen LogP contribution in [0.25, 0.3) is 0 Å². The number of rotatable bonds is 3. The van der Waals surface area contributed by atoms with Gasteiger partial charge in [-0.3, -0.25) is 0 Å². The molecule has 1 aromatic carbocycles. The molecule has 1 unspecified atom stereocenters. The molecule has 0 amide bonds. The van der Waals surface area contributed by atoms with Gasteiger partial charge in [-0.15, -0.1) is 11.8 Å². The van der Waals surface area contributed by atoms with Gasteiger partial charge < -0.3 is 4.74 Å². The van der Waals surface area contributed by atoms with E-state index >= 15 is 0 Å². The quantitative estimate of drug-likeness (QED) is 0.746. The highest BCUT2D eigenvalue weighted by molar-refractivity contribution is 7.99. The minimum Gasteiger partial charge on any atom is -0.483 e. The lowest BCUT2D eigenvalue weighted by atomic mass is 10.2. The molecule has 0 N–H and O–H groups in total. The molecular weight excluding hydrogens is 192 g/mol. The van der Waals surface area contributed by atoms with E-state index in [-0.39, 0.29) is 5.44 Å². The fourth-order valence-electron chi connectivity index (χ4n) is 1.22. The van der Waals surface area contributed by atoms with Crippen LogP contribution in [-0.4, -0.2) is 5.44 Å². The summed E-state index contributed by atoms with van der Waals surface area (Å²) in [6.07, 6.45) is 7.72. The fourth-order valence-corrected chi connectivity index (χ4v) is 2.11. The van der Waals surface area contributed by atoms with Crippen molar-refractivity contribution in [3.8, 4) is 0 Å². The van der Waals surface area contributed by atoms with Crippen LogP contribution < -0.4 is 0 Å². The molecular formula is C12H12OS. The molecule has 0 radical (unpaired) electrons. The van der Waals surface area contributed by atoms with Gasteiger partial charge in [0.15, 0.2) is 5.44 Å². The molecule has 1 nitrogen and oxygen atoms in total. The first-order valence-corrected chi connectivity index (χ1v) is 5.64. The monoisotopic (exact) mass is 204 g/mol. The molecule has 14 heavy (non-hydrogen) atoms. The van der Waals surface area contributed by atoms with Crippen LogP contribution in [0.15, 0.2) is 54.8 Å². The molecule has 0 aromatic heterocycles. The zero-order chi connectivity index (χ0) is 9.64. The summed E-state index contributed by atoms with van der Waals surface area (Å²) in [4.78, 5) is 0. The maximum absolute atomic E-state index is 5.40. The maximum Gasteiger partial charge on any atom is 0.162 e. The zero-order valence-corrected chi connectivity index (χ0v) is 8.61. The molecule has 0 bridgehead atoms. The molecule has 0 fully saturated rings. The predicted molar refractivity (Wildman–Crippen MR) is 60.9 cm³/mol. The highest BCUT2D eigenvalue weighted by Crippen LogP contribution is 2.21. The molecule has 1 aliphatic rings. The maximum atomic E-state index is 5.40. The summed E-state index contributed by atoms with van der Waals surface area (Å²) < 4.78 is 5.40. The lowest BCUT2D eigenvalue weighted by Crippen LogP contribution is -2.02. The molecule has 1 aromatic rings. The normalized spacial score (nSPS) is 19.3. The number of hydrogen-bond donors (Lipinski definition) is 0. The van der Waals surface area contributed by atoms with Crippen LogP contribution in [-0.2, 0) is 10.5 Å². The van der Waals surface area contributed by atoms with Crippen molar-refractivity contribution in [2.75, 3.05) is 0 Å². The first kappa shape index (κ1) is 9.41. The molecule has 1 atom stereocenters. The lowest BCUT2D eigenvalue weighted by molar-refractivity contribution is 0.257. The number of thioether (sulfide) groups is 1. The average molecular weight is 204 g/mol. The molecule has 72 valence electrons. The Hall–Kier alpha value is -1.15. The fraction of sp³-hybridized carbons (Fsp3) is 0.167. The van der Waals surface area contributed by atoms with E-state index in [1.54, 1.807) is 18.0 Å². The van der Waals surface area contributed by atoms with Gasteiger partial charge in [0.1, 0.15) is 0 Å². The molecule has 2 rings (SSSR count). The summed E-state index contributed by atoms with van der Waals surface area (Å²) in [5.41, 5.74) is 1.50. The number of ether oxygens (including phenoxy) is 1. The van der Waals surface area contributed by atoms with Crippen LogP contribution in [0.4, 0.5) is 0 Å². The molecule has 0 saturated carbocycles. The average Bonchev–Trinajstić information content (AvgIpc) is 2.29. The van der Waals surface area contributed by atoms with Gasteiger partial charge in [0.25, 0.3) is 0 Å². The Kier molecular flexibility index (Phi) is 3.30. The third-order valence-corrected chi connectivity index (χ3v) is 3.02. The summed E-state index contributed by atoms with van der Waals surface area (Å²) in [5.74, 6) is 0.990. The minimum absolute atomic E-state index is 0.167. The zero-order valence-electron chi connectivity index (χ0n) is 7.80. The molecule has 1 heterocycles. The summed E-state index contributed by atoms with van der Waals surface area (Å²) in [6, 6.07) is 10.4. The topological polar surface area (TPSA) is 9.23 Å². The lowest BCUT2D eigenvalue weighted by Gasteiger charge is -2.14.